The number of nitro benzene ring substituents is 1. The van der Waals surface area contributed by atoms with Crippen LogP contribution in [0.15, 0.2) is 65.3 Å². The predicted octanol–water partition coefficient (Wildman–Crippen LogP) is 4.10. The van der Waals surface area contributed by atoms with Crippen molar-refractivity contribution in [3.8, 4) is 0 Å². The van der Waals surface area contributed by atoms with Crippen LogP contribution in [0.1, 0.15) is 28.6 Å². The van der Waals surface area contributed by atoms with Crippen LogP contribution in [-0.2, 0) is 13.0 Å². The topological polar surface area (TPSA) is 83.1 Å². The van der Waals surface area contributed by atoms with Gasteiger partial charge in [0.2, 0.25) is 0 Å². The highest BCUT2D eigenvalue weighted by atomic mass is 16.6. The molecule has 8 nitrogen and oxygen atoms in total. The fourth-order valence-electron chi connectivity index (χ4n) is 4.89. The molecule has 1 aromatic heterocycles. The summed E-state index contributed by atoms with van der Waals surface area (Å²) in [6, 6.07) is 17.2. The summed E-state index contributed by atoms with van der Waals surface area (Å²) < 4.78 is 5.76. The number of carbonyl (C=O) groups excluding carboxylic acids is 1. The number of nitrogens with zero attached hydrogens (tertiary/aromatic N) is 4. The van der Waals surface area contributed by atoms with E-state index in [-0.39, 0.29) is 16.5 Å². The molecular weight excluding hydrogens is 420 g/mol. The average molecular weight is 447 g/mol. The summed E-state index contributed by atoms with van der Waals surface area (Å²) in [5, 5.41) is 11.4. The minimum atomic E-state index is -0.359. The first-order valence-electron chi connectivity index (χ1n) is 11.2. The Morgan fingerprint density at radius 3 is 2.48 bits per heavy atom. The third kappa shape index (κ3) is 3.92. The quantitative estimate of drug-likeness (QED) is 0.433. The Morgan fingerprint density at radius 1 is 1.03 bits per heavy atom. The van der Waals surface area contributed by atoms with Crippen molar-refractivity contribution in [2.24, 2.45) is 0 Å². The van der Waals surface area contributed by atoms with Gasteiger partial charge in [-0.1, -0.05) is 30.3 Å². The molecule has 170 valence electrons. The smallest absolute Gasteiger partial charge is 0.292 e. The molecule has 8 heteroatoms. The van der Waals surface area contributed by atoms with E-state index in [0.29, 0.717) is 55.8 Å². The number of para-hydroxylation sites is 3. The standard InChI is InChI=1S/C25H26N4O4/c1-18-16-19-6-2-3-7-21(19)28(18)17-24-20(10-15-33-24)25(30)27-13-11-26(12-14-27)22-8-4-5-9-23(22)29(31)32/h2-10,15,18H,11-14,16-17H2,1H3. The summed E-state index contributed by atoms with van der Waals surface area (Å²) in [6.07, 6.45) is 2.56. The molecule has 2 aliphatic heterocycles. The van der Waals surface area contributed by atoms with Gasteiger partial charge in [-0.05, 0) is 37.1 Å². The minimum Gasteiger partial charge on any atom is -0.467 e. The molecule has 0 saturated carbocycles. The van der Waals surface area contributed by atoms with E-state index in [1.165, 1.54) is 17.3 Å². The molecule has 1 saturated heterocycles. The maximum absolute atomic E-state index is 13.3. The highest BCUT2D eigenvalue weighted by Crippen LogP contribution is 2.34. The van der Waals surface area contributed by atoms with E-state index in [1.54, 1.807) is 35.4 Å². The second-order valence-electron chi connectivity index (χ2n) is 8.59. The normalized spacial score (nSPS) is 17.8. The zero-order valence-corrected chi connectivity index (χ0v) is 18.5. The van der Waals surface area contributed by atoms with Gasteiger partial charge in [0.1, 0.15) is 11.4 Å². The fourth-order valence-corrected chi connectivity index (χ4v) is 4.89. The predicted molar refractivity (Wildman–Crippen MR) is 126 cm³/mol. The van der Waals surface area contributed by atoms with Crippen LogP contribution in [-0.4, -0.2) is 48.0 Å². The van der Waals surface area contributed by atoms with Crippen molar-refractivity contribution in [1.82, 2.24) is 4.90 Å². The third-order valence-electron chi connectivity index (χ3n) is 6.62. The van der Waals surface area contributed by atoms with Gasteiger partial charge in [0, 0.05) is 44.0 Å². The molecule has 3 aromatic rings. The molecule has 0 N–H and O–H groups in total. The Kier molecular flexibility index (Phi) is 5.50. The Hall–Kier alpha value is -3.81. The minimum absolute atomic E-state index is 0.0545. The summed E-state index contributed by atoms with van der Waals surface area (Å²) in [4.78, 5) is 30.4. The van der Waals surface area contributed by atoms with E-state index in [9.17, 15) is 14.9 Å². The van der Waals surface area contributed by atoms with Crippen molar-refractivity contribution < 1.29 is 14.1 Å². The number of hydrogen-bond donors (Lipinski definition) is 0. The van der Waals surface area contributed by atoms with Crippen molar-refractivity contribution in [3.63, 3.8) is 0 Å². The first-order chi connectivity index (χ1) is 16.0. The number of carbonyl (C=O) groups is 1. The molecule has 0 bridgehead atoms. The number of fused-ring (bicyclic) bond motifs is 1. The Balaban J connectivity index is 1.28. The molecule has 2 aliphatic rings. The summed E-state index contributed by atoms with van der Waals surface area (Å²) >= 11 is 0. The lowest BCUT2D eigenvalue weighted by Crippen LogP contribution is -2.49. The highest BCUT2D eigenvalue weighted by molar-refractivity contribution is 5.95. The number of nitro groups is 1. The van der Waals surface area contributed by atoms with Gasteiger partial charge in [-0.3, -0.25) is 14.9 Å². The Labute approximate surface area is 192 Å². The van der Waals surface area contributed by atoms with E-state index in [4.69, 9.17) is 4.42 Å². The molecule has 0 spiro atoms. The number of anilines is 2. The zero-order chi connectivity index (χ0) is 22.9. The van der Waals surface area contributed by atoms with Gasteiger partial charge >= 0.3 is 0 Å². The van der Waals surface area contributed by atoms with Crippen LogP contribution >= 0.6 is 0 Å². The van der Waals surface area contributed by atoms with Gasteiger partial charge in [-0.15, -0.1) is 0 Å². The van der Waals surface area contributed by atoms with Crippen LogP contribution in [0.4, 0.5) is 17.1 Å². The average Bonchev–Trinajstić information content (AvgIpc) is 3.43. The number of hydrogen-bond acceptors (Lipinski definition) is 6. The number of furan rings is 1. The van der Waals surface area contributed by atoms with E-state index >= 15 is 0 Å². The first kappa shape index (κ1) is 21.1. The molecule has 3 heterocycles. The van der Waals surface area contributed by atoms with Crippen molar-refractivity contribution in [3.05, 3.63) is 87.9 Å². The van der Waals surface area contributed by atoms with Gasteiger partial charge in [-0.2, -0.15) is 0 Å². The Bertz CT molecular complexity index is 1180. The van der Waals surface area contributed by atoms with E-state index < -0.39 is 0 Å². The molecule has 2 aromatic carbocycles. The van der Waals surface area contributed by atoms with Gasteiger partial charge in [0.15, 0.2) is 0 Å². The third-order valence-corrected chi connectivity index (χ3v) is 6.62. The largest absolute Gasteiger partial charge is 0.467 e. The van der Waals surface area contributed by atoms with Crippen LogP contribution in [0.2, 0.25) is 0 Å². The SMILES string of the molecule is CC1Cc2ccccc2N1Cc1occc1C(=O)N1CCN(c2ccccc2[N+](=O)[O-])CC1. The molecule has 1 amide bonds. The highest BCUT2D eigenvalue weighted by Gasteiger charge is 2.31. The molecular formula is C25H26N4O4. The maximum atomic E-state index is 13.3. The lowest BCUT2D eigenvalue weighted by Gasteiger charge is -2.35. The van der Waals surface area contributed by atoms with Crippen LogP contribution in [0.25, 0.3) is 0 Å². The number of piperazine rings is 1. The zero-order valence-electron chi connectivity index (χ0n) is 18.5. The van der Waals surface area contributed by atoms with Crippen LogP contribution < -0.4 is 9.80 Å². The molecule has 33 heavy (non-hydrogen) atoms. The summed E-state index contributed by atoms with van der Waals surface area (Å²) in [7, 11) is 0. The molecule has 5 rings (SSSR count). The Morgan fingerprint density at radius 2 is 1.73 bits per heavy atom. The fraction of sp³-hybridized carbons (Fsp3) is 0.320. The molecule has 1 unspecified atom stereocenters. The van der Waals surface area contributed by atoms with Crippen molar-refractivity contribution in [2.45, 2.75) is 25.9 Å². The first-order valence-corrected chi connectivity index (χ1v) is 11.2. The molecule has 0 radical (unpaired) electrons. The van der Waals surface area contributed by atoms with E-state index in [2.05, 4.69) is 30.0 Å². The number of rotatable bonds is 5. The number of benzene rings is 2. The van der Waals surface area contributed by atoms with E-state index in [1.807, 2.05) is 11.0 Å². The van der Waals surface area contributed by atoms with Crippen molar-refractivity contribution >= 4 is 23.0 Å². The van der Waals surface area contributed by atoms with Gasteiger partial charge in [0.05, 0.1) is 23.3 Å². The maximum Gasteiger partial charge on any atom is 0.292 e. The summed E-state index contributed by atoms with van der Waals surface area (Å²) in [5.41, 5.74) is 3.79. The second kappa shape index (κ2) is 8.61. The lowest BCUT2D eigenvalue weighted by atomic mass is 10.1. The monoisotopic (exact) mass is 446 g/mol. The van der Waals surface area contributed by atoms with Crippen LogP contribution in [0, 0.1) is 10.1 Å². The summed E-state index contributed by atoms with van der Waals surface area (Å²) in [5.74, 6) is 0.616. The van der Waals surface area contributed by atoms with Gasteiger partial charge < -0.3 is 19.1 Å². The van der Waals surface area contributed by atoms with Gasteiger partial charge in [0.25, 0.3) is 11.6 Å². The van der Waals surface area contributed by atoms with Gasteiger partial charge in [-0.25, -0.2) is 0 Å². The van der Waals surface area contributed by atoms with Crippen LogP contribution in [0.3, 0.4) is 0 Å². The van der Waals surface area contributed by atoms with E-state index in [0.717, 1.165) is 6.42 Å². The summed E-state index contributed by atoms with van der Waals surface area (Å²) in [6.45, 7) is 4.81. The second-order valence-corrected chi connectivity index (χ2v) is 8.59. The van der Waals surface area contributed by atoms with Crippen molar-refractivity contribution in [2.75, 3.05) is 36.0 Å². The van der Waals surface area contributed by atoms with Crippen molar-refractivity contribution in [1.29, 1.82) is 0 Å². The lowest BCUT2D eigenvalue weighted by molar-refractivity contribution is -0.384. The molecule has 1 fully saturated rings. The number of amides is 1. The van der Waals surface area contributed by atoms with Crippen LogP contribution in [0.5, 0.6) is 0 Å². The molecule has 0 aliphatic carbocycles. The molecule has 1 atom stereocenters.